The first-order valence-electron chi connectivity index (χ1n) is 9.19. The van der Waals surface area contributed by atoms with Gasteiger partial charge in [-0.1, -0.05) is 18.2 Å². The van der Waals surface area contributed by atoms with Gasteiger partial charge in [-0.2, -0.15) is 0 Å². The van der Waals surface area contributed by atoms with Gasteiger partial charge >= 0.3 is 5.97 Å². The van der Waals surface area contributed by atoms with Crippen LogP contribution in [0, 0.1) is 0 Å². The molecule has 0 radical (unpaired) electrons. The third-order valence-corrected chi connectivity index (χ3v) is 4.41. The number of carboxylic acids is 1. The number of fused-ring (bicyclic) bond motifs is 1. The summed E-state index contributed by atoms with van der Waals surface area (Å²) in [6, 6.07) is 14.3. The van der Waals surface area contributed by atoms with Crippen molar-refractivity contribution in [3.05, 3.63) is 54.1 Å². The highest BCUT2D eigenvalue weighted by Gasteiger charge is 2.27. The van der Waals surface area contributed by atoms with Crippen LogP contribution in [0.1, 0.15) is 24.2 Å². The number of hydrogen-bond donors (Lipinski definition) is 2. The zero-order valence-electron chi connectivity index (χ0n) is 15.9. The summed E-state index contributed by atoms with van der Waals surface area (Å²) < 4.78 is 11.7. The van der Waals surface area contributed by atoms with E-state index in [-0.39, 0.29) is 24.6 Å². The number of anilines is 1. The van der Waals surface area contributed by atoms with E-state index in [2.05, 4.69) is 5.32 Å². The van der Waals surface area contributed by atoms with Crippen LogP contribution in [0.4, 0.5) is 5.69 Å². The molecule has 0 saturated carbocycles. The summed E-state index contributed by atoms with van der Waals surface area (Å²) in [6.45, 7) is 4.44. The smallest absolute Gasteiger partial charge is 0.322 e. The molecule has 148 valence electrons. The molecule has 0 aliphatic carbocycles. The first kappa shape index (κ1) is 19.5. The molecule has 0 bridgehead atoms. The first-order chi connectivity index (χ1) is 13.4. The van der Waals surface area contributed by atoms with E-state index in [1.165, 1.54) is 0 Å². The molecule has 0 aromatic heterocycles. The Hall–Kier alpha value is -3.22. The van der Waals surface area contributed by atoms with Crippen molar-refractivity contribution in [3.63, 3.8) is 0 Å². The minimum atomic E-state index is -0.963. The molecule has 0 fully saturated rings. The number of aliphatic carboxylic acids is 1. The number of benzene rings is 2. The van der Waals surface area contributed by atoms with Crippen LogP contribution in [0.2, 0.25) is 0 Å². The molecule has 0 unspecified atom stereocenters. The van der Waals surface area contributed by atoms with Crippen LogP contribution in [0.3, 0.4) is 0 Å². The maximum atomic E-state index is 13.1. The van der Waals surface area contributed by atoms with Gasteiger partial charge in [0.1, 0.15) is 13.2 Å². The summed E-state index contributed by atoms with van der Waals surface area (Å²) in [5.41, 5.74) is 1.07. The summed E-state index contributed by atoms with van der Waals surface area (Å²) in [5.74, 6) is 0.278. The Morgan fingerprint density at radius 1 is 1.18 bits per heavy atom. The van der Waals surface area contributed by atoms with Crippen molar-refractivity contribution in [1.82, 2.24) is 4.90 Å². The summed E-state index contributed by atoms with van der Waals surface area (Å²) in [7, 11) is 0. The molecule has 3 rings (SSSR count). The molecule has 1 heterocycles. The van der Waals surface area contributed by atoms with E-state index in [4.69, 9.17) is 14.6 Å². The standard InChI is InChI=1S/C21H24N2O5/c1-14(2)23(12-17-13-27-18-8-3-4-9-19(18)28-17)21(26)15-6-5-7-16(10-15)22-11-20(24)25/h3-10,14,17,22H,11-13H2,1-2H3,(H,24,25)/t17-/m1/s1. The molecule has 0 spiro atoms. The highest BCUT2D eigenvalue weighted by atomic mass is 16.6. The summed E-state index contributed by atoms with van der Waals surface area (Å²) in [6.07, 6.45) is -0.269. The van der Waals surface area contributed by atoms with Gasteiger partial charge in [-0.3, -0.25) is 9.59 Å². The van der Waals surface area contributed by atoms with Crippen molar-refractivity contribution >= 4 is 17.6 Å². The number of amides is 1. The molecule has 1 amide bonds. The monoisotopic (exact) mass is 384 g/mol. The lowest BCUT2D eigenvalue weighted by molar-refractivity contribution is -0.134. The number of hydrogen-bond acceptors (Lipinski definition) is 5. The van der Waals surface area contributed by atoms with Crippen LogP contribution >= 0.6 is 0 Å². The molecule has 1 aliphatic rings. The van der Waals surface area contributed by atoms with Crippen LogP contribution in [-0.2, 0) is 4.79 Å². The van der Waals surface area contributed by atoms with E-state index in [0.29, 0.717) is 35.9 Å². The Morgan fingerprint density at radius 3 is 2.64 bits per heavy atom. The van der Waals surface area contributed by atoms with Gasteiger partial charge in [0, 0.05) is 17.3 Å². The molecule has 28 heavy (non-hydrogen) atoms. The van der Waals surface area contributed by atoms with Gasteiger partial charge in [-0.05, 0) is 44.2 Å². The lowest BCUT2D eigenvalue weighted by Crippen LogP contribution is -2.46. The van der Waals surface area contributed by atoms with E-state index in [1.54, 1.807) is 29.2 Å². The molecular formula is C21H24N2O5. The normalized spacial score (nSPS) is 15.2. The summed E-state index contributed by atoms with van der Waals surface area (Å²) >= 11 is 0. The summed E-state index contributed by atoms with van der Waals surface area (Å²) in [4.78, 5) is 25.6. The molecule has 2 N–H and O–H groups in total. The van der Waals surface area contributed by atoms with Gasteiger partial charge in [-0.15, -0.1) is 0 Å². The Kier molecular flexibility index (Phi) is 6.03. The highest BCUT2D eigenvalue weighted by molar-refractivity contribution is 5.95. The SMILES string of the molecule is CC(C)N(C[C@@H]1COc2ccccc2O1)C(=O)c1cccc(NCC(=O)O)c1. The number of ether oxygens (including phenoxy) is 2. The van der Waals surface area contributed by atoms with Crippen molar-refractivity contribution in [2.24, 2.45) is 0 Å². The van der Waals surface area contributed by atoms with Crippen molar-refractivity contribution in [2.75, 3.05) is 25.0 Å². The lowest BCUT2D eigenvalue weighted by Gasteiger charge is -2.33. The molecule has 7 nitrogen and oxygen atoms in total. The van der Waals surface area contributed by atoms with Crippen LogP contribution in [0.15, 0.2) is 48.5 Å². The summed E-state index contributed by atoms with van der Waals surface area (Å²) in [5, 5.41) is 11.6. The van der Waals surface area contributed by atoms with Gasteiger partial charge < -0.3 is 24.8 Å². The second-order valence-corrected chi connectivity index (χ2v) is 6.88. The van der Waals surface area contributed by atoms with Gasteiger partial charge in [-0.25, -0.2) is 0 Å². The largest absolute Gasteiger partial charge is 0.486 e. The second kappa shape index (κ2) is 8.65. The highest BCUT2D eigenvalue weighted by Crippen LogP contribution is 2.31. The number of nitrogens with zero attached hydrogens (tertiary/aromatic N) is 1. The van der Waals surface area contributed by atoms with Gasteiger partial charge in [0.2, 0.25) is 0 Å². The number of rotatable bonds is 7. The van der Waals surface area contributed by atoms with E-state index in [9.17, 15) is 9.59 Å². The molecule has 2 aromatic rings. The van der Waals surface area contributed by atoms with Crippen molar-refractivity contribution < 1.29 is 24.2 Å². The van der Waals surface area contributed by atoms with E-state index in [0.717, 1.165) is 0 Å². The topological polar surface area (TPSA) is 88.1 Å². The second-order valence-electron chi connectivity index (χ2n) is 6.88. The van der Waals surface area contributed by atoms with Crippen LogP contribution < -0.4 is 14.8 Å². The van der Waals surface area contributed by atoms with E-state index < -0.39 is 5.97 Å². The fourth-order valence-corrected chi connectivity index (χ4v) is 3.01. The third kappa shape index (κ3) is 4.73. The maximum Gasteiger partial charge on any atom is 0.322 e. The van der Waals surface area contributed by atoms with Gasteiger partial charge in [0.05, 0.1) is 6.54 Å². The number of carbonyl (C=O) groups is 2. The molecule has 1 atom stereocenters. The Balaban J connectivity index is 1.71. The zero-order chi connectivity index (χ0) is 20.1. The Bertz CT molecular complexity index is 852. The molecule has 7 heteroatoms. The van der Waals surface area contributed by atoms with Crippen molar-refractivity contribution in [2.45, 2.75) is 26.0 Å². The Morgan fingerprint density at radius 2 is 1.93 bits per heavy atom. The van der Waals surface area contributed by atoms with Gasteiger partial charge in [0.25, 0.3) is 5.91 Å². The molecule has 1 aliphatic heterocycles. The Labute approximate surface area is 163 Å². The minimum Gasteiger partial charge on any atom is -0.486 e. The fraction of sp³-hybridized carbons (Fsp3) is 0.333. The average molecular weight is 384 g/mol. The van der Waals surface area contributed by atoms with Crippen LogP contribution in [0.5, 0.6) is 11.5 Å². The van der Waals surface area contributed by atoms with Crippen LogP contribution in [-0.4, -0.2) is 53.7 Å². The fourth-order valence-electron chi connectivity index (χ4n) is 3.01. The lowest BCUT2D eigenvalue weighted by atomic mass is 10.1. The third-order valence-electron chi connectivity index (χ3n) is 4.41. The van der Waals surface area contributed by atoms with Crippen molar-refractivity contribution in [1.29, 1.82) is 0 Å². The van der Waals surface area contributed by atoms with Crippen molar-refractivity contribution in [3.8, 4) is 11.5 Å². The zero-order valence-corrected chi connectivity index (χ0v) is 15.9. The molecule has 0 saturated heterocycles. The number of nitrogens with one attached hydrogen (secondary N) is 1. The minimum absolute atomic E-state index is 0.0381. The number of carboxylic acid groups (broad SMARTS) is 1. The van der Waals surface area contributed by atoms with Crippen LogP contribution in [0.25, 0.3) is 0 Å². The van der Waals surface area contributed by atoms with Gasteiger partial charge in [0.15, 0.2) is 17.6 Å². The average Bonchev–Trinajstić information content (AvgIpc) is 2.70. The molecule has 2 aromatic carbocycles. The quantitative estimate of drug-likeness (QED) is 0.763. The maximum absolute atomic E-state index is 13.1. The number of carbonyl (C=O) groups excluding carboxylic acids is 1. The predicted molar refractivity (Wildman–Crippen MR) is 105 cm³/mol. The van der Waals surface area contributed by atoms with E-state index >= 15 is 0 Å². The molecular weight excluding hydrogens is 360 g/mol. The number of para-hydroxylation sites is 2. The predicted octanol–water partition coefficient (Wildman–Crippen LogP) is 2.87. The first-order valence-corrected chi connectivity index (χ1v) is 9.19. The van der Waals surface area contributed by atoms with E-state index in [1.807, 2.05) is 38.1 Å².